The van der Waals surface area contributed by atoms with E-state index in [9.17, 15) is 0 Å². The summed E-state index contributed by atoms with van der Waals surface area (Å²) >= 11 is 19.6. The van der Waals surface area contributed by atoms with Crippen molar-refractivity contribution >= 4 is 55.1 Å². The first-order chi connectivity index (χ1) is 9.42. The highest BCUT2D eigenvalue weighted by Crippen LogP contribution is 2.39. The zero-order valence-corrected chi connectivity index (χ0v) is 15.6. The maximum absolute atomic E-state index is 6.60. The van der Waals surface area contributed by atoms with Gasteiger partial charge in [0.15, 0.2) is 0 Å². The molecule has 0 fully saturated rings. The van der Waals surface area contributed by atoms with E-state index in [1.807, 2.05) is 37.3 Å². The van der Waals surface area contributed by atoms with E-state index in [1.54, 1.807) is 7.11 Å². The molecule has 0 aliphatic heterocycles. The van der Waals surface area contributed by atoms with Gasteiger partial charge in [0.2, 0.25) is 0 Å². The summed E-state index contributed by atoms with van der Waals surface area (Å²) in [5.41, 5.74) is 2.92. The summed E-state index contributed by atoms with van der Waals surface area (Å²) in [6.07, 6.45) is 0. The number of halogens is 4. The number of rotatable bonds is 3. The Kier molecular flexibility index (Phi) is 5.41. The van der Waals surface area contributed by atoms with E-state index in [2.05, 4.69) is 31.9 Å². The summed E-state index contributed by atoms with van der Waals surface area (Å²) in [6.45, 7) is 2.01. The molecule has 1 nitrogen and oxygen atoms in total. The molecule has 2 aromatic rings. The molecule has 0 N–H and O–H groups in total. The molecule has 0 aliphatic carbocycles. The van der Waals surface area contributed by atoms with Gasteiger partial charge in [-0.3, -0.25) is 0 Å². The molecule has 2 aromatic carbocycles. The maximum atomic E-state index is 6.60. The van der Waals surface area contributed by atoms with Crippen LogP contribution in [0.25, 0.3) is 0 Å². The molecule has 5 heteroatoms. The van der Waals surface area contributed by atoms with E-state index in [4.69, 9.17) is 27.9 Å². The summed E-state index contributed by atoms with van der Waals surface area (Å²) in [6, 6.07) is 9.60. The number of hydrogen-bond acceptors (Lipinski definition) is 1. The Morgan fingerprint density at radius 1 is 1.10 bits per heavy atom. The normalized spacial score (nSPS) is 12.3. The third-order valence-corrected chi connectivity index (χ3v) is 4.98. The van der Waals surface area contributed by atoms with E-state index in [1.165, 1.54) is 0 Å². The number of hydrogen-bond donors (Lipinski definition) is 0. The summed E-state index contributed by atoms with van der Waals surface area (Å²) in [5, 5.41) is 0.307. The molecule has 106 valence electrons. The SMILES string of the molecule is COc1cc(C)c(Br)cc1C(Cl)c1cc(Cl)cc(Br)c1. The van der Waals surface area contributed by atoms with Crippen molar-refractivity contribution in [3.63, 3.8) is 0 Å². The van der Waals surface area contributed by atoms with Gasteiger partial charge >= 0.3 is 0 Å². The lowest BCUT2D eigenvalue weighted by molar-refractivity contribution is 0.409. The molecule has 0 spiro atoms. The smallest absolute Gasteiger partial charge is 0.124 e. The molecule has 0 amide bonds. The fourth-order valence-electron chi connectivity index (χ4n) is 1.95. The van der Waals surface area contributed by atoms with Crippen molar-refractivity contribution in [3.05, 3.63) is 61.0 Å². The molecule has 0 aromatic heterocycles. The summed E-state index contributed by atoms with van der Waals surface area (Å²) in [7, 11) is 1.64. The molecule has 0 aliphatic rings. The Morgan fingerprint density at radius 2 is 1.80 bits per heavy atom. The zero-order chi connectivity index (χ0) is 14.9. The molecule has 0 saturated heterocycles. The predicted octanol–water partition coefficient (Wildman–Crippen LogP) is 6.51. The first-order valence-electron chi connectivity index (χ1n) is 5.86. The molecule has 2 rings (SSSR count). The summed E-state index contributed by atoms with van der Waals surface area (Å²) < 4.78 is 7.33. The molecule has 0 bridgehead atoms. The third kappa shape index (κ3) is 3.51. The Morgan fingerprint density at radius 3 is 2.40 bits per heavy atom. The second-order valence-electron chi connectivity index (χ2n) is 4.41. The van der Waals surface area contributed by atoms with E-state index in [-0.39, 0.29) is 5.38 Å². The van der Waals surface area contributed by atoms with E-state index in [0.29, 0.717) is 5.02 Å². The van der Waals surface area contributed by atoms with Gasteiger partial charge in [-0.2, -0.15) is 0 Å². The van der Waals surface area contributed by atoms with Crippen LogP contribution in [0, 0.1) is 6.92 Å². The largest absolute Gasteiger partial charge is 0.496 e. The predicted molar refractivity (Wildman–Crippen MR) is 92.3 cm³/mol. The van der Waals surface area contributed by atoms with Gasteiger partial charge in [-0.25, -0.2) is 0 Å². The Balaban J connectivity index is 2.52. The van der Waals surface area contributed by atoms with Crippen molar-refractivity contribution < 1.29 is 4.74 Å². The quantitative estimate of drug-likeness (QED) is 0.496. The van der Waals surface area contributed by atoms with Crippen LogP contribution in [0.3, 0.4) is 0 Å². The average molecular weight is 439 g/mol. The van der Waals surface area contributed by atoms with Crippen molar-refractivity contribution in [1.29, 1.82) is 0 Å². The van der Waals surface area contributed by atoms with Crippen LogP contribution < -0.4 is 4.74 Å². The standard InChI is InChI=1S/C15H12Br2Cl2O/c1-8-3-14(20-2)12(7-13(8)17)15(19)9-4-10(16)6-11(18)5-9/h3-7,15H,1-2H3. The van der Waals surface area contributed by atoms with Crippen LogP contribution in [0.15, 0.2) is 39.3 Å². The molecule has 0 radical (unpaired) electrons. The molecule has 20 heavy (non-hydrogen) atoms. The van der Waals surface area contributed by atoms with Gasteiger partial charge in [-0.1, -0.05) is 43.5 Å². The molecule has 1 unspecified atom stereocenters. The second-order valence-corrected chi connectivity index (χ2v) is 7.05. The lowest BCUT2D eigenvalue weighted by atomic mass is 10.0. The van der Waals surface area contributed by atoms with E-state index < -0.39 is 0 Å². The van der Waals surface area contributed by atoms with Crippen LogP contribution in [-0.4, -0.2) is 7.11 Å². The Labute approximate surface area is 145 Å². The first kappa shape index (κ1) is 16.2. The van der Waals surface area contributed by atoms with Crippen LogP contribution in [0.1, 0.15) is 22.1 Å². The van der Waals surface area contributed by atoms with Gasteiger partial charge in [0.25, 0.3) is 0 Å². The topological polar surface area (TPSA) is 9.23 Å². The fraction of sp³-hybridized carbons (Fsp3) is 0.200. The Bertz CT molecular complexity index is 624. The molecular formula is C15H12Br2Cl2O. The van der Waals surface area contributed by atoms with Crippen LogP contribution in [0.4, 0.5) is 0 Å². The monoisotopic (exact) mass is 436 g/mol. The number of benzene rings is 2. The van der Waals surface area contributed by atoms with Crippen molar-refractivity contribution in [2.24, 2.45) is 0 Å². The van der Waals surface area contributed by atoms with Gasteiger partial charge in [0.05, 0.1) is 12.5 Å². The second kappa shape index (κ2) is 6.69. The van der Waals surface area contributed by atoms with Gasteiger partial charge in [-0.05, 0) is 48.4 Å². The van der Waals surface area contributed by atoms with Crippen molar-refractivity contribution in [2.45, 2.75) is 12.3 Å². The lowest BCUT2D eigenvalue weighted by Gasteiger charge is -2.16. The lowest BCUT2D eigenvalue weighted by Crippen LogP contribution is -1.99. The molecular weight excluding hydrogens is 427 g/mol. The van der Waals surface area contributed by atoms with Gasteiger partial charge in [-0.15, -0.1) is 11.6 Å². The fourth-order valence-corrected chi connectivity index (χ4v) is 3.49. The minimum absolute atomic E-state index is 0.336. The minimum Gasteiger partial charge on any atom is -0.496 e. The summed E-state index contributed by atoms with van der Waals surface area (Å²) in [5.74, 6) is 0.766. The zero-order valence-electron chi connectivity index (χ0n) is 10.9. The van der Waals surface area contributed by atoms with Gasteiger partial charge in [0.1, 0.15) is 5.75 Å². The summed E-state index contributed by atoms with van der Waals surface area (Å²) in [4.78, 5) is 0. The van der Waals surface area contributed by atoms with Gasteiger partial charge < -0.3 is 4.74 Å². The number of ether oxygens (including phenoxy) is 1. The average Bonchev–Trinajstić information content (AvgIpc) is 2.39. The van der Waals surface area contributed by atoms with Crippen molar-refractivity contribution in [1.82, 2.24) is 0 Å². The third-order valence-electron chi connectivity index (χ3n) is 2.96. The van der Waals surface area contributed by atoms with Crippen LogP contribution in [0.5, 0.6) is 5.75 Å². The van der Waals surface area contributed by atoms with Crippen LogP contribution >= 0.6 is 55.1 Å². The minimum atomic E-state index is -0.336. The number of methoxy groups -OCH3 is 1. The number of aryl methyl sites for hydroxylation is 1. The molecule has 0 heterocycles. The van der Waals surface area contributed by atoms with Gasteiger partial charge in [0, 0.05) is 19.5 Å². The van der Waals surface area contributed by atoms with Crippen molar-refractivity contribution in [3.8, 4) is 5.75 Å². The van der Waals surface area contributed by atoms with E-state index in [0.717, 1.165) is 31.4 Å². The highest BCUT2D eigenvalue weighted by molar-refractivity contribution is 9.10. The molecule has 0 saturated carbocycles. The van der Waals surface area contributed by atoms with Crippen LogP contribution in [-0.2, 0) is 0 Å². The number of alkyl halides is 1. The Hall–Kier alpha value is -0.220. The molecule has 1 atom stereocenters. The van der Waals surface area contributed by atoms with E-state index >= 15 is 0 Å². The highest BCUT2D eigenvalue weighted by atomic mass is 79.9. The van der Waals surface area contributed by atoms with Crippen LogP contribution in [0.2, 0.25) is 5.02 Å². The highest BCUT2D eigenvalue weighted by Gasteiger charge is 2.18. The first-order valence-corrected chi connectivity index (χ1v) is 8.26. The maximum Gasteiger partial charge on any atom is 0.124 e. The van der Waals surface area contributed by atoms with Crippen molar-refractivity contribution in [2.75, 3.05) is 7.11 Å².